The molecule has 1 aromatic carbocycles. The lowest BCUT2D eigenvalue weighted by Gasteiger charge is -2.27. The Kier molecular flexibility index (Phi) is 7.34. The Hall–Kier alpha value is -0.820. The average molecular weight is 443 g/mol. The normalized spacial score (nSPS) is 20.9. The van der Waals surface area contributed by atoms with Crippen LogP contribution in [0.3, 0.4) is 0 Å². The molecule has 1 spiro atoms. The molecule has 2 aliphatic rings. The number of benzene rings is 1. The molecule has 1 unspecified atom stereocenters. The van der Waals surface area contributed by atoms with Crippen molar-refractivity contribution < 1.29 is 4.74 Å². The molecule has 1 heterocycles. The van der Waals surface area contributed by atoms with Gasteiger partial charge in [-0.1, -0.05) is 43.2 Å². The first kappa shape index (κ1) is 19.5. The van der Waals surface area contributed by atoms with Gasteiger partial charge in [0, 0.05) is 33.8 Å². The number of hydrogen-bond acceptors (Lipinski definition) is 2. The second kappa shape index (κ2) is 9.04. The van der Waals surface area contributed by atoms with Gasteiger partial charge in [0.05, 0.1) is 6.10 Å². The number of aliphatic imine (C=N–C) groups is 1. The van der Waals surface area contributed by atoms with Gasteiger partial charge in [-0.25, -0.2) is 0 Å². The number of likely N-dealkylation sites (tertiary alicyclic amines) is 1. The van der Waals surface area contributed by atoms with E-state index in [1.807, 2.05) is 13.1 Å². The summed E-state index contributed by atoms with van der Waals surface area (Å²) in [4.78, 5) is 6.93. The second-order valence-electron chi connectivity index (χ2n) is 6.94. The Balaban J connectivity index is 0.00000208. The van der Waals surface area contributed by atoms with Crippen molar-refractivity contribution in [2.45, 2.75) is 38.2 Å². The minimum Gasteiger partial charge on any atom is -0.375 e. The summed E-state index contributed by atoms with van der Waals surface area (Å²) < 4.78 is 5.65. The molecule has 1 aliphatic carbocycles. The highest BCUT2D eigenvalue weighted by atomic mass is 127. The summed E-state index contributed by atoms with van der Waals surface area (Å²) in [6, 6.07) is 10.4. The smallest absolute Gasteiger partial charge is 0.193 e. The molecule has 1 saturated carbocycles. The third-order valence-electron chi connectivity index (χ3n) is 5.52. The summed E-state index contributed by atoms with van der Waals surface area (Å²) in [6.45, 7) is 3.04. The topological polar surface area (TPSA) is 36.9 Å². The fourth-order valence-electron chi connectivity index (χ4n) is 4.17. The molecule has 1 saturated heterocycles. The zero-order valence-corrected chi connectivity index (χ0v) is 17.2. The first-order chi connectivity index (χ1) is 11.3. The maximum Gasteiger partial charge on any atom is 0.193 e. The Labute approximate surface area is 163 Å². The molecule has 4 nitrogen and oxygen atoms in total. The predicted octanol–water partition coefficient (Wildman–Crippen LogP) is 3.83. The van der Waals surface area contributed by atoms with E-state index >= 15 is 0 Å². The molecular weight excluding hydrogens is 413 g/mol. The summed E-state index contributed by atoms with van der Waals surface area (Å²) >= 11 is 0. The van der Waals surface area contributed by atoms with Gasteiger partial charge in [0.2, 0.25) is 0 Å². The third-order valence-corrected chi connectivity index (χ3v) is 5.52. The van der Waals surface area contributed by atoms with Crippen molar-refractivity contribution in [3.63, 3.8) is 0 Å². The molecular formula is C19H30IN3O. The van der Waals surface area contributed by atoms with E-state index in [1.165, 1.54) is 37.7 Å². The fourth-order valence-corrected chi connectivity index (χ4v) is 4.17. The lowest BCUT2D eigenvalue weighted by atomic mass is 9.86. The summed E-state index contributed by atoms with van der Waals surface area (Å²) in [7, 11) is 3.65. The minimum atomic E-state index is 0. The molecule has 0 amide bonds. The highest BCUT2D eigenvalue weighted by molar-refractivity contribution is 14.0. The highest BCUT2D eigenvalue weighted by Crippen LogP contribution is 2.45. The van der Waals surface area contributed by atoms with Gasteiger partial charge in [0.15, 0.2) is 5.96 Å². The quantitative estimate of drug-likeness (QED) is 0.437. The molecule has 1 aromatic rings. The van der Waals surface area contributed by atoms with Crippen LogP contribution in [-0.2, 0) is 4.74 Å². The van der Waals surface area contributed by atoms with Gasteiger partial charge in [0.25, 0.3) is 0 Å². The summed E-state index contributed by atoms with van der Waals surface area (Å²) in [5.41, 5.74) is 1.77. The van der Waals surface area contributed by atoms with Crippen LogP contribution in [0.2, 0.25) is 0 Å². The van der Waals surface area contributed by atoms with Crippen molar-refractivity contribution in [1.29, 1.82) is 0 Å². The lowest BCUT2D eigenvalue weighted by molar-refractivity contribution is 0.106. The molecule has 5 heteroatoms. The van der Waals surface area contributed by atoms with Crippen molar-refractivity contribution in [3.8, 4) is 0 Å². The zero-order chi connectivity index (χ0) is 16.1. The average Bonchev–Trinajstić information content (AvgIpc) is 3.23. The van der Waals surface area contributed by atoms with E-state index in [0.29, 0.717) is 5.41 Å². The van der Waals surface area contributed by atoms with E-state index in [9.17, 15) is 0 Å². The number of halogens is 1. The molecule has 24 heavy (non-hydrogen) atoms. The van der Waals surface area contributed by atoms with Gasteiger partial charge in [-0.3, -0.25) is 4.99 Å². The fraction of sp³-hybridized carbons (Fsp3) is 0.632. The van der Waals surface area contributed by atoms with Crippen molar-refractivity contribution in [1.82, 2.24) is 10.2 Å². The molecule has 1 atom stereocenters. The van der Waals surface area contributed by atoms with E-state index in [4.69, 9.17) is 4.74 Å². The van der Waals surface area contributed by atoms with E-state index < -0.39 is 0 Å². The predicted molar refractivity (Wildman–Crippen MR) is 110 cm³/mol. The standard InChI is InChI=1S/C19H29N3O.HI/c1-20-18(22-13-12-19(15-22)10-6-7-11-19)21-14-17(23-2)16-8-4-3-5-9-16;/h3-5,8-9,17H,6-7,10-15H2,1-2H3,(H,20,21);1H. The van der Waals surface area contributed by atoms with Gasteiger partial charge in [-0.15, -0.1) is 24.0 Å². The Morgan fingerprint density at radius 3 is 2.58 bits per heavy atom. The molecule has 0 radical (unpaired) electrons. The van der Waals surface area contributed by atoms with Crippen LogP contribution in [-0.4, -0.2) is 44.7 Å². The zero-order valence-electron chi connectivity index (χ0n) is 14.8. The van der Waals surface area contributed by atoms with Crippen LogP contribution in [0.4, 0.5) is 0 Å². The monoisotopic (exact) mass is 443 g/mol. The number of nitrogens with zero attached hydrogens (tertiary/aromatic N) is 2. The maximum absolute atomic E-state index is 5.65. The van der Waals surface area contributed by atoms with Crippen molar-refractivity contribution in [2.24, 2.45) is 10.4 Å². The molecule has 1 aliphatic heterocycles. The van der Waals surface area contributed by atoms with Crippen molar-refractivity contribution in [2.75, 3.05) is 33.8 Å². The molecule has 3 rings (SSSR count). The van der Waals surface area contributed by atoms with Crippen LogP contribution in [0, 0.1) is 5.41 Å². The van der Waals surface area contributed by atoms with Crippen LogP contribution < -0.4 is 5.32 Å². The first-order valence-electron chi connectivity index (χ1n) is 8.80. The van der Waals surface area contributed by atoms with E-state index in [-0.39, 0.29) is 30.1 Å². The van der Waals surface area contributed by atoms with Crippen LogP contribution in [0.5, 0.6) is 0 Å². The van der Waals surface area contributed by atoms with Gasteiger partial charge in [0.1, 0.15) is 0 Å². The minimum absolute atomic E-state index is 0. The summed E-state index contributed by atoms with van der Waals surface area (Å²) in [5.74, 6) is 1.02. The van der Waals surface area contributed by atoms with Gasteiger partial charge in [-0.2, -0.15) is 0 Å². The van der Waals surface area contributed by atoms with Crippen LogP contribution in [0.25, 0.3) is 0 Å². The number of hydrogen-bond donors (Lipinski definition) is 1. The Morgan fingerprint density at radius 2 is 1.96 bits per heavy atom. The van der Waals surface area contributed by atoms with Crippen molar-refractivity contribution >= 4 is 29.9 Å². The van der Waals surface area contributed by atoms with E-state index in [1.54, 1.807) is 7.11 Å². The summed E-state index contributed by atoms with van der Waals surface area (Å²) in [6.07, 6.45) is 6.96. The van der Waals surface area contributed by atoms with Gasteiger partial charge >= 0.3 is 0 Å². The second-order valence-corrected chi connectivity index (χ2v) is 6.94. The number of ether oxygens (including phenoxy) is 1. The summed E-state index contributed by atoms with van der Waals surface area (Å²) in [5, 5.41) is 3.52. The largest absolute Gasteiger partial charge is 0.375 e. The van der Waals surface area contributed by atoms with Crippen molar-refractivity contribution in [3.05, 3.63) is 35.9 Å². The Bertz CT molecular complexity index is 529. The first-order valence-corrected chi connectivity index (χ1v) is 8.80. The van der Waals surface area contributed by atoms with Gasteiger partial charge in [-0.05, 0) is 30.2 Å². The number of guanidine groups is 1. The molecule has 0 bridgehead atoms. The number of nitrogens with one attached hydrogen (secondary N) is 1. The van der Waals surface area contributed by atoms with Crippen LogP contribution >= 0.6 is 24.0 Å². The number of rotatable bonds is 4. The molecule has 134 valence electrons. The lowest BCUT2D eigenvalue weighted by Crippen LogP contribution is -2.42. The van der Waals surface area contributed by atoms with E-state index in [0.717, 1.165) is 25.6 Å². The van der Waals surface area contributed by atoms with Crippen LogP contribution in [0.1, 0.15) is 43.8 Å². The van der Waals surface area contributed by atoms with E-state index in [2.05, 4.69) is 39.5 Å². The molecule has 0 aromatic heterocycles. The SMILES string of the molecule is CN=C(NCC(OC)c1ccccc1)N1CCC2(CCCC2)C1.I. The Morgan fingerprint density at radius 1 is 1.25 bits per heavy atom. The molecule has 2 fully saturated rings. The highest BCUT2D eigenvalue weighted by Gasteiger charge is 2.41. The molecule has 1 N–H and O–H groups in total. The maximum atomic E-state index is 5.65. The van der Waals surface area contributed by atoms with Crippen LogP contribution in [0.15, 0.2) is 35.3 Å². The van der Waals surface area contributed by atoms with Gasteiger partial charge < -0.3 is 15.0 Å². The third kappa shape index (κ3) is 4.42. The number of methoxy groups -OCH3 is 1.